The lowest BCUT2D eigenvalue weighted by molar-refractivity contribution is 0.0944. The zero-order chi connectivity index (χ0) is 15.8. The van der Waals surface area contributed by atoms with Crippen LogP contribution >= 0.6 is 24.8 Å². The molecule has 0 saturated carbocycles. The maximum atomic E-state index is 12.2. The molecule has 1 saturated heterocycles. The monoisotopic (exact) mass is 376 g/mol. The van der Waals surface area contributed by atoms with Crippen LogP contribution in [-0.4, -0.2) is 43.6 Å². The fourth-order valence-corrected chi connectivity index (χ4v) is 2.85. The molecule has 1 amide bonds. The van der Waals surface area contributed by atoms with Crippen molar-refractivity contribution in [2.45, 2.75) is 33.1 Å². The Hall–Kier alpha value is -1.04. The molecule has 7 heteroatoms. The third-order valence-electron chi connectivity index (χ3n) is 4.16. The van der Waals surface area contributed by atoms with Crippen molar-refractivity contribution >= 4 is 36.5 Å². The number of rotatable bonds is 7. The molecule has 24 heavy (non-hydrogen) atoms. The number of carbonyl (C=O) groups is 1. The van der Waals surface area contributed by atoms with E-state index >= 15 is 0 Å². The van der Waals surface area contributed by atoms with Crippen LogP contribution in [0.15, 0.2) is 18.3 Å². The van der Waals surface area contributed by atoms with Gasteiger partial charge < -0.3 is 15.5 Å². The van der Waals surface area contributed by atoms with E-state index in [-0.39, 0.29) is 30.7 Å². The van der Waals surface area contributed by atoms with E-state index in [1.165, 1.54) is 12.8 Å². The van der Waals surface area contributed by atoms with Crippen molar-refractivity contribution in [2.24, 2.45) is 5.92 Å². The lowest BCUT2D eigenvalue weighted by Crippen LogP contribution is -2.38. The highest BCUT2D eigenvalue weighted by molar-refractivity contribution is 5.94. The molecule has 2 N–H and O–H groups in total. The molecule has 1 aromatic heterocycles. The Labute approximate surface area is 157 Å². The van der Waals surface area contributed by atoms with Crippen molar-refractivity contribution in [1.82, 2.24) is 15.6 Å². The number of hydrogen-bond acceptors (Lipinski definition) is 4. The van der Waals surface area contributed by atoms with Gasteiger partial charge in [0.1, 0.15) is 5.82 Å². The van der Waals surface area contributed by atoms with Crippen molar-refractivity contribution in [3.8, 4) is 0 Å². The number of pyridine rings is 1. The fourth-order valence-electron chi connectivity index (χ4n) is 2.85. The summed E-state index contributed by atoms with van der Waals surface area (Å²) in [6.45, 7) is 9.04. The molecule has 0 aromatic carbocycles. The molecule has 1 atom stereocenters. The summed E-state index contributed by atoms with van der Waals surface area (Å²) in [5.41, 5.74) is 0.639. The smallest absolute Gasteiger partial charge is 0.252 e. The maximum absolute atomic E-state index is 12.2. The normalized spacial score (nSPS) is 16.5. The van der Waals surface area contributed by atoms with E-state index in [2.05, 4.69) is 34.4 Å². The number of nitrogens with one attached hydrogen (secondary N) is 2. The third-order valence-corrected chi connectivity index (χ3v) is 4.16. The Kier molecular flexibility index (Phi) is 11.8. The summed E-state index contributed by atoms with van der Waals surface area (Å²) in [7, 11) is 0. The summed E-state index contributed by atoms with van der Waals surface area (Å²) in [6.07, 6.45) is 5.16. The fraction of sp³-hybridized carbons (Fsp3) is 0.647. The van der Waals surface area contributed by atoms with Gasteiger partial charge in [-0.05, 0) is 57.3 Å². The van der Waals surface area contributed by atoms with Gasteiger partial charge in [0.25, 0.3) is 5.91 Å². The molecule has 1 aliphatic rings. The zero-order valence-electron chi connectivity index (χ0n) is 14.6. The standard InChI is InChI=1S/C17H28N4O.2ClH/c1-3-10-21(4-2)16-8-7-15(13-19-16)17(22)20-12-14-6-5-9-18-11-14;;/h7-8,13-14,18H,3-6,9-12H2,1-2H3,(H,20,22);2*1H. The predicted molar refractivity (Wildman–Crippen MR) is 105 cm³/mol. The molecule has 5 nitrogen and oxygen atoms in total. The second kappa shape index (κ2) is 12.3. The first kappa shape index (κ1) is 23.0. The average molecular weight is 377 g/mol. The van der Waals surface area contributed by atoms with Gasteiger partial charge in [0.05, 0.1) is 5.56 Å². The number of nitrogens with zero attached hydrogens (tertiary/aromatic N) is 2. The molecule has 1 aliphatic heterocycles. The average Bonchev–Trinajstić information content (AvgIpc) is 2.58. The third kappa shape index (κ3) is 6.83. The molecule has 0 spiro atoms. The summed E-state index contributed by atoms with van der Waals surface area (Å²) in [5, 5.41) is 6.39. The Bertz CT molecular complexity index is 464. The number of aromatic nitrogens is 1. The quantitative estimate of drug-likeness (QED) is 0.767. The maximum Gasteiger partial charge on any atom is 0.252 e. The van der Waals surface area contributed by atoms with Crippen LogP contribution in [0.2, 0.25) is 0 Å². The van der Waals surface area contributed by atoms with E-state index < -0.39 is 0 Å². The highest BCUT2D eigenvalue weighted by Crippen LogP contribution is 2.12. The van der Waals surface area contributed by atoms with Crippen molar-refractivity contribution in [1.29, 1.82) is 0 Å². The molecule has 0 radical (unpaired) electrons. The van der Waals surface area contributed by atoms with Gasteiger partial charge in [0.15, 0.2) is 0 Å². The molecule has 1 aromatic rings. The lowest BCUT2D eigenvalue weighted by atomic mass is 10.00. The minimum atomic E-state index is -0.0248. The van der Waals surface area contributed by atoms with Gasteiger partial charge in [0, 0.05) is 25.8 Å². The number of anilines is 1. The number of hydrogen-bond donors (Lipinski definition) is 2. The van der Waals surface area contributed by atoms with Gasteiger partial charge in [0.2, 0.25) is 0 Å². The van der Waals surface area contributed by atoms with E-state index in [9.17, 15) is 4.79 Å². The highest BCUT2D eigenvalue weighted by Gasteiger charge is 2.15. The van der Waals surface area contributed by atoms with Gasteiger partial charge in [-0.3, -0.25) is 4.79 Å². The predicted octanol–water partition coefficient (Wildman–Crippen LogP) is 2.89. The van der Waals surface area contributed by atoms with E-state index in [1.54, 1.807) is 6.20 Å². The molecule has 2 rings (SSSR count). The first-order valence-electron chi connectivity index (χ1n) is 8.44. The second-order valence-corrected chi connectivity index (χ2v) is 5.91. The van der Waals surface area contributed by atoms with Crippen LogP contribution in [0.25, 0.3) is 0 Å². The molecule has 138 valence electrons. The number of halogens is 2. The van der Waals surface area contributed by atoms with E-state index in [0.29, 0.717) is 11.5 Å². The second-order valence-electron chi connectivity index (χ2n) is 5.91. The minimum absolute atomic E-state index is 0. The van der Waals surface area contributed by atoms with Gasteiger partial charge in [-0.25, -0.2) is 4.98 Å². The van der Waals surface area contributed by atoms with Gasteiger partial charge in [-0.2, -0.15) is 0 Å². The first-order valence-corrected chi connectivity index (χ1v) is 8.44. The SMILES string of the molecule is CCCN(CC)c1ccc(C(=O)NCC2CCCNC2)cn1.Cl.Cl. The summed E-state index contributed by atoms with van der Waals surface area (Å²) in [5.74, 6) is 1.46. The van der Waals surface area contributed by atoms with Crippen molar-refractivity contribution in [2.75, 3.05) is 37.6 Å². The largest absolute Gasteiger partial charge is 0.357 e. The molecular weight excluding hydrogens is 347 g/mol. The van der Waals surface area contributed by atoms with Gasteiger partial charge in [-0.15, -0.1) is 24.8 Å². The molecule has 0 aliphatic carbocycles. The van der Waals surface area contributed by atoms with Crippen LogP contribution in [0.4, 0.5) is 5.82 Å². The Balaban J connectivity index is 0.00000264. The highest BCUT2D eigenvalue weighted by atomic mass is 35.5. The summed E-state index contributed by atoms with van der Waals surface area (Å²) in [6, 6.07) is 3.81. The van der Waals surface area contributed by atoms with Crippen LogP contribution in [0, 0.1) is 5.92 Å². The topological polar surface area (TPSA) is 57.3 Å². The molecule has 0 bridgehead atoms. The van der Waals surface area contributed by atoms with E-state index in [1.807, 2.05) is 12.1 Å². The summed E-state index contributed by atoms with van der Waals surface area (Å²) < 4.78 is 0. The Morgan fingerprint density at radius 3 is 2.71 bits per heavy atom. The first-order chi connectivity index (χ1) is 10.7. The molecule has 1 unspecified atom stereocenters. The number of piperidine rings is 1. The van der Waals surface area contributed by atoms with Crippen molar-refractivity contribution < 1.29 is 4.79 Å². The van der Waals surface area contributed by atoms with Crippen molar-refractivity contribution in [3.05, 3.63) is 23.9 Å². The molecular formula is C17H30Cl2N4O. The van der Waals surface area contributed by atoms with E-state index in [4.69, 9.17) is 0 Å². The molecule has 1 fully saturated rings. The Morgan fingerprint density at radius 1 is 1.38 bits per heavy atom. The van der Waals surface area contributed by atoms with Crippen molar-refractivity contribution in [3.63, 3.8) is 0 Å². The number of amides is 1. The van der Waals surface area contributed by atoms with Crippen LogP contribution in [0.3, 0.4) is 0 Å². The summed E-state index contributed by atoms with van der Waals surface area (Å²) in [4.78, 5) is 18.8. The van der Waals surface area contributed by atoms with Crippen LogP contribution in [0.5, 0.6) is 0 Å². The summed E-state index contributed by atoms with van der Waals surface area (Å²) >= 11 is 0. The van der Waals surface area contributed by atoms with Crippen LogP contribution in [0.1, 0.15) is 43.5 Å². The lowest BCUT2D eigenvalue weighted by Gasteiger charge is -2.23. The Morgan fingerprint density at radius 2 is 2.17 bits per heavy atom. The van der Waals surface area contributed by atoms with Gasteiger partial charge >= 0.3 is 0 Å². The minimum Gasteiger partial charge on any atom is -0.357 e. The van der Waals surface area contributed by atoms with Crippen LogP contribution in [-0.2, 0) is 0 Å². The molecule has 2 heterocycles. The van der Waals surface area contributed by atoms with Crippen LogP contribution < -0.4 is 15.5 Å². The van der Waals surface area contributed by atoms with E-state index in [0.717, 1.165) is 45.0 Å². The zero-order valence-corrected chi connectivity index (χ0v) is 16.2. The number of carbonyl (C=O) groups excluding carboxylic acids is 1. The van der Waals surface area contributed by atoms with Gasteiger partial charge in [-0.1, -0.05) is 6.92 Å².